The Morgan fingerprint density at radius 2 is 2.00 bits per heavy atom. The van der Waals surface area contributed by atoms with E-state index in [9.17, 15) is 9.90 Å². The highest BCUT2D eigenvalue weighted by molar-refractivity contribution is 5.94. The smallest absolute Gasteiger partial charge is 0.251 e. The van der Waals surface area contributed by atoms with Gasteiger partial charge in [-0.3, -0.25) is 4.79 Å². The zero-order valence-corrected chi connectivity index (χ0v) is 18.7. The average molecular weight is 439 g/mol. The molecule has 0 spiro atoms. The SMILES string of the molecule is CCNC(=NCc1cccc(C(=O)NCC2CCCO2)c1)NCCC(O)c1ccccc1. The second-order valence-corrected chi connectivity index (χ2v) is 7.88. The van der Waals surface area contributed by atoms with Crippen LogP contribution >= 0.6 is 0 Å². The molecule has 0 aromatic heterocycles. The number of hydrogen-bond donors (Lipinski definition) is 4. The Bertz CT molecular complexity index is 867. The average Bonchev–Trinajstić information content (AvgIpc) is 3.35. The van der Waals surface area contributed by atoms with Gasteiger partial charge in [0, 0.05) is 31.8 Å². The molecule has 0 bridgehead atoms. The third-order valence-corrected chi connectivity index (χ3v) is 5.36. The van der Waals surface area contributed by atoms with Crippen molar-refractivity contribution in [1.29, 1.82) is 0 Å². The third-order valence-electron chi connectivity index (χ3n) is 5.36. The van der Waals surface area contributed by atoms with Crippen molar-refractivity contribution in [2.45, 2.75) is 44.9 Å². The number of carbonyl (C=O) groups is 1. The summed E-state index contributed by atoms with van der Waals surface area (Å²) in [4.78, 5) is 17.1. The Kier molecular flexibility index (Phi) is 9.53. The van der Waals surface area contributed by atoms with Gasteiger partial charge in [0.25, 0.3) is 5.91 Å². The van der Waals surface area contributed by atoms with Crippen molar-refractivity contribution in [2.24, 2.45) is 4.99 Å². The molecule has 2 unspecified atom stereocenters. The van der Waals surface area contributed by atoms with Gasteiger partial charge in [-0.1, -0.05) is 42.5 Å². The molecule has 1 aliphatic heterocycles. The van der Waals surface area contributed by atoms with Gasteiger partial charge in [0.05, 0.1) is 18.8 Å². The monoisotopic (exact) mass is 438 g/mol. The summed E-state index contributed by atoms with van der Waals surface area (Å²) in [6, 6.07) is 17.2. The minimum atomic E-state index is -0.517. The number of aliphatic imine (C=N–C) groups is 1. The Morgan fingerprint density at radius 1 is 1.16 bits per heavy atom. The largest absolute Gasteiger partial charge is 0.388 e. The third kappa shape index (κ3) is 7.66. The van der Waals surface area contributed by atoms with Gasteiger partial charge >= 0.3 is 0 Å². The summed E-state index contributed by atoms with van der Waals surface area (Å²) in [5.41, 5.74) is 2.49. The van der Waals surface area contributed by atoms with Crippen molar-refractivity contribution in [2.75, 3.05) is 26.2 Å². The van der Waals surface area contributed by atoms with Crippen LogP contribution in [0.25, 0.3) is 0 Å². The zero-order chi connectivity index (χ0) is 22.6. The quantitative estimate of drug-likeness (QED) is 0.338. The van der Waals surface area contributed by atoms with Crippen molar-refractivity contribution >= 4 is 11.9 Å². The van der Waals surface area contributed by atoms with E-state index in [0.29, 0.717) is 37.6 Å². The molecule has 0 radical (unpaired) electrons. The second kappa shape index (κ2) is 12.8. The standard InChI is InChI=1S/C25H34N4O3/c1-2-26-25(27-14-13-23(30)20-9-4-3-5-10-20)29-17-19-8-6-11-21(16-19)24(31)28-18-22-12-7-15-32-22/h3-6,8-11,16,22-23,30H,2,7,12-15,17-18H2,1H3,(H,28,31)(H2,26,27,29). The van der Waals surface area contributed by atoms with Crippen LogP contribution in [-0.4, -0.2) is 49.3 Å². The highest BCUT2D eigenvalue weighted by Gasteiger charge is 2.16. The molecule has 0 saturated carbocycles. The van der Waals surface area contributed by atoms with Crippen LogP contribution in [0.1, 0.15) is 53.8 Å². The summed E-state index contributed by atoms with van der Waals surface area (Å²) >= 11 is 0. The van der Waals surface area contributed by atoms with Gasteiger partial charge in [0.1, 0.15) is 0 Å². The molecule has 1 fully saturated rings. The molecule has 1 amide bonds. The van der Waals surface area contributed by atoms with Crippen LogP contribution in [0.2, 0.25) is 0 Å². The minimum absolute atomic E-state index is 0.0914. The first kappa shape index (κ1) is 23.8. The molecule has 32 heavy (non-hydrogen) atoms. The van der Waals surface area contributed by atoms with Gasteiger partial charge in [0.2, 0.25) is 0 Å². The van der Waals surface area contributed by atoms with E-state index in [4.69, 9.17) is 4.74 Å². The second-order valence-electron chi connectivity index (χ2n) is 7.88. The van der Waals surface area contributed by atoms with E-state index < -0.39 is 6.10 Å². The van der Waals surface area contributed by atoms with Crippen LogP contribution in [0.3, 0.4) is 0 Å². The highest BCUT2D eigenvalue weighted by atomic mass is 16.5. The van der Waals surface area contributed by atoms with E-state index in [1.54, 1.807) is 0 Å². The van der Waals surface area contributed by atoms with E-state index in [2.05, 4.69) is 20.9 Å². The number of hydrogen-bond acceptors (Lipinski definition) is 4. The minimum Gasteiger partial charge on any atom is -0.388 e. The molecule has 172 valence electrons. The summed E-state index contributed by atoms with van der Waals surface area (Å²) in [6.45, 7) is 5.11. The van der Waals surface area contributed by atoms with E-state index in [0.717, 1.165) is 37.1 Å². The van der Waals surface area contributed by atoms with Gasteiger partial charge in [-0.15, -0.1) is 0 Å². The van der Waals surface area contributed by atoms with Crippen LogP contribution in [0.15, 0.2) is 59.6 Å². The van der Waals surface area contributed by atoms with Gasteiger partial charge < -0.3 is 25.8 Å². The fourth-order valence-electron chi connectivity index (χ4n) is 3.61. The van der Waals surface area contributed by atoms with Gasteiger partial charge in [-0.25, -0.2) is 4.99 Å². The van der Waals surface area contributed by atoms with Crippen LogP contribution in [-0.2, 0) is 11.3 Å². The van der Waals surface area contributed by atoms with Gasteiger partial charge in [-0.2, -0.15) is 0 Å². The number of aliphatic hydroxyl groups excluding tert-OH is 1. The Morgan fingerprint density at radius 3 is 2.75 bits per heavy atom. The van der Waals surface area contributed by atoms with Gasteiger partial charge in [-0.05, 0) is 49.4 Å². The molecule has 1 aliphatic rings. The van der Waals surface area contributed by atoms with E-state index in [-0.39, 0.29) is 12.0 Å². The fraction of sp³-hybridized carbons (Fsp3) is 0.440. The molecule has 2 aromatic rings. The lowest BCUT2D eigenvalue weighted by atomic mass is 10.1. The molecule has 1 heterocycles. The van der Waals surface area contributed by atoms with Crippen molar-refractivity contribution in [3.8, 4) is 0 Å². The van der Waals surface area contributed by atoms with Crippen LogP contribution < -0.4 is 16.0 Å². The molecular weight excluding hydrogens is 404 g/mol. The summed E-state index contributed by atoms with van der Waals surface area (Å²) in [5.74, 6) is 0.590. The topological polar surface area (TPSA) is 95.0 Å². The summed E-state index contributed by atoms with van der Waals surface area (Å²) in [7, 11) is 0. The maximum Gasteiger partial charge on any atom is 0.251 e. The lowest BCUT2D eigenvalue weighted by Crippen LogP contribution is -2.38. The maximum absolute atomic E-state index is 12.5. The first-order valence-corrected chi connectivity index (χ1v) is 11.4. The molecule has 1 saturated heterocycles. The number of amides is 1. The fourth-order valence-corrected chi connectivity index (χ4v) is 3.61. The Labute approximate surface area is 190 Å². The molecule has 7 heteroatoms. The molecule has 2 aromatic carbocycles. The summed E-state index contributed by atoms with van der Waals surface area (Å²) in [6.07, 6.45) is 2.24. The summed E-state index contributed by atoms with van der Waals surface area (Å²) in [5, 5.41) is 19.8. The van der Waals surface area contributed by atoms with Gasteiger partial charge in [0.15, 0.2) is 5.96 Å². The Balaban J connectivity index is 1.50. The van der Waals surface area contributed by atoms with Crippen molar-refractivity contribution in [3.05, 3.63) is 71.3 Å². The predicted molar refractivity (Wildman–Crippen MR) is 127 cm³/mol. The zero-order valence-electron chi connectivity index (χ0n) is 18.7. The van der Waals surface area contributed by atoms with E-state index in [1.807, 2.05) is 61.5 Å². The highest BCUT2D eigenvalue weighted by Crippen LogP contribution is 2.15. The number of carbonyl (C=O) groups excluding carboxylic acids is 1. The molecule has 4 N–H and O–H groups in total. The number of nitrogens with one attached hydrogen (secondary N) is 3. The predicted octanol–water partition coefficient (Wildman–Crippen LogP) is 2.77. The lowest BCUT2D eigenvalue weighted by molar-refractivity contribution is 0.0857. The molecular formula is C25H34N4O3. The number of nitrogens with zero attached hydrogens (tertiary/aromatic N) is 1. The number of ether oxygens (including phenoxy) is 1. The van der Waals surface area contributed by atoms with Crippen molar-refractivity contribution in [1.82, 2.24) is 16.0 Å². The maximum atomic E-state index is 12.5. The van der Waals surface area contributed by atoms with E-state index >= 15 is 0 Å². The molecule has 0 aliphatic carbocycles. The Hall–Kier alpha value is -2.90. The van der Waals surface area contributed by atoms with Crippen LogP contribution in [0.5, 0.6) is 0 Å². The van der Waals surface area contributed by atoms with Crippen molar-refractivity contribution < 1.29 is 14.6 Å². The molecule has 2 atom stereocenters. The number of benzene rings is 2. The molecule has 7 nitrogen and oxygen atoms in total. The number of aliphatic hydroxyl groups is 1. The number of rotatable bonds is 10. The summed E-state index contributed by atoms with van der Waals surface area (Å²) < 4.78 is 5.56. The van der Waals surface area contributed by atoms with Crippen LogP contribution in [0, 0.1) is 0 Å². The first-order chi connectivity index (χ1) is 15.7. The lowest BCUT2D eigenvalue weighted by Gasteiger charge is -2.14. The van der Waals surface area contributed by atoms with Crippen LogP contribution in [0.4, 0.5) is 0 Å². The number of guanidine groups is 1. The van der Waals surface area contributed by atoms with Crippen molar-refractivity contribution in [3.63, 3.8) is 0 Å². The van der Waals surface area contributed by atoms with E-state index in [1.165, 1.54) is 0 Å². The first-order valence-electron chi connectivity index (χ1n) is 11.4. The normalized spacial score (nSPS) is 17.1. The molecule has 3 rings (SSSR count).